The van der Waals surface area contributed by atoms with Gasteiger partial charge in [-0.25, -0.2) is 0 Å². The fourth-order valence-electron chi connectivity index (χ4n) is 3.78. The smallest absolute Gasteiger partial charge is 0.223 e. The maximum Gasteiger partial charge on any atom is 0.223 e. The van der Waals surface area contributed by atoms with Crippen molar-refractivity contribution in [1.29, 1.82) is 0 Å². The highest BCUT2D eigenvalue weighted by Gasteiger charge is 2.25. The predicted octanol–water partition coefficient (Wildman–Crippen LogP) is 4.09. The monoisotopic (exact) mass is 372 g/mol. The molecule has 1 saturated heterocycles. The van der Waals surface area contributed by atoms with Gasteiger partial charge >= 0.3 is 0 Å². The van der Waals surface area contributed by atoms with E-state index < -0.39 is 0 Å². The number of benzene rings is 2. The van der Waals surface area contributed by atoms with E-state index in [4.69, 9.17) is 0 Å². The molecule has 0 atom stereocenters. The standard InChI is InChI=1S/C22H28N2O.ClH/c1-23-17-18-12-14-24(15-13-18)22(25)16-21(19-8-4-2-5-9-19)20-10-6-3-7-11-20;/h2-11,18,21,23H,12-17H2,1H3;1H. The van der Waals surface area contributed by atoms with Crippen LogP contribution < -0.4 is 5.32 Å². The number of rotatable bonds is 6. The number of nitrogens with zero attached hydrogens (tertiary/aromatic N) is 1. The zero-order valence-electron chi connectivity index (χ0n) is 15.4. The molecule has 1 N–H and O–H groups in total. The highest BCUT2D eigenvalue weighted by Crippen LogP contribution is 2.29. The van der Waals surface area contributed by atoms with Gasteiger partial charge in [-0.3, -0.25) is 4.79 Å². The molecular formula is C22H29ClN2O. The van der Waals surface area contributed by atoms with Crippen molar-refractivity contribution in [2.75, 3.05) is 26.7 Å². The zero-order valence-corrected chi connectivity index (χ0v) is 16.3. The quantitative estimate of drug-likeness (QED) is 0.828. The number of halogens is 1. The van der Waals surface area contributed by atoms with E-state index in [1.165, 1.54) is 11.1 Å². The Bertz CT molecular complexity index is 615. The molecule has 4 heteroatoms. The minimum atomic E-state index is 0. The number of hydrogen-bond donors (Lipinski definition) is 1. The summed E-state index contributed by atoms with van der Waals surface area (Å²) in [5.41, 5.74) is 2.43. The molecule has 2 aromatic rings. The molecule has 0 bridgehead atoms. The number of likely N-dealkylation sites (tertiary alicyclic amines) is 1. The molecule has 3 nitrogen and oxygen atoms in total. The van der Waals surface area contributed by atoms with Crippen LogP contribution in [0.3, 0.4) is 0 Å². The molecule has 26 heavy (non-hydrogen) atoms. The van der Waals surface area contributed by atoms with Gasteiger partial charge in [0.25, 0.3) is 0 Å². The Morgan fingerprint density at radius 2 is 1.50 bits per heavy atom. The molecule has 0 saturated carbocycles. The zero-order chi connectivity index (χ0) is 17.5. The Morgan fingerprint density at radius 3 is 1.96 bits per heavy atom. The molecule has 1 aliphatic heterocycles. The molecule has 1 amide bonds. The minimum Gasteiger partial charge on any atom is -0.343 e. The van der Waals surface area contributed by atoms with E-state index in [1.54, 1.807) is 0 Å². The van der Waals surface area contributed by atoms with E-state index in [-0.39, 0.29) is 24.2 Å². The first-order valence-corrected chi connectivity index (χ1v) is 9.30. The largest absolute Gasteiger partial charge is 0.343 e. The molecule has 2 aromatic carbocycles. The minimum absolute atomic E-state index is 0. The van der Waals surface area contributed by atoms with Crippen LogP contribution in [0.15, 0.2) is 60.7 Å². The third kappa shape index (κ3) is 5.33. The van der Waals surface area contributed by atoms with E-state index >= 15 is 0 Å². The number of amides is 1. The highest BCUT2D eigenvalue weighted by atomic mass is 35.5. The lowest BCUT2D eigenvalue weighted by Gasteiger charge is -2.33. The maximum absolute atomic E-state index is 12.9. The molecule has 140 valence electrons. The van der Waals surface area contributed by atoms with E-state index in [1.807, 2.05) is 19.2 Å². The average Bonchev–Trinajstić information content (AvgIpc) is 2.68. The third-order valence-electron chi connectivity index (χ3n) is 5.24. The number of nitrogens with one attached hydrogen (secondary N) is 1. The van der Waals surface area contributed by atoms with Gasteiger partial charge in [-0.2, -0.15) is 0 Å². The molecule has 3 rings (SSSR count). The fourth-order valence-corrected chi connectivity index (χ4v) is 3.78. The Kier molecular flexibility index (Phi) is 8.14. The van der Waals surface area contributed by atoms with Gasteiger partial charge in [-0.1, -0.05) is 60.7 Å². The maximum atomic E-state index is 12.9. The SMILES string of the molecule is CNCC1CCN(C(=O)CC(c2ccccc2)c2ccccc2)CC1.Cl. The number of hydrogen-bond acceptors (Lipinski definition) is 2. The predicted molar refractivity (Wildman–Crippen MR) is 110 cm³/mol. The highest BCUT2D eigenvalue weighted by molar-refractivity contribution is 5.85. The van der Waals surface area contributed by atoms with Crippen molar-refractivity contribution >= 4 is 18.3 Å². The first-order valence-electron chi connectivity index (χ1n) is 9.30. The van der Waals surface area contributed by atoms with Crippen LogP contribution in [0.25, 0.3) is 0 Å². The van der Waals surface area contributed by atoms with Crippen molar-refractivity contribution in [3.05, 3.63) is 71.8 Å². The molecule has 0 aromatic heterocycles. The van der Waals surface area contributed by atoms with Gasteiger partial charge < -0.3 is 10.2 Å². The molecule has 1 heterocycles. The fraction of sp³-hybridized carbons (Fsp3) is 0.409. The normalized spacial score (nSPS) is 14.9. The van der Waals surface area contributed by atoms with Crippen molar-refractivity contribution < 1.29 is 4.79 Å². The summed E-state index contributed by atoms with van der Waals surface area (Å²) in [7, 11) is 2.00. The van der Waals surface area contributed by atoms with E-state index in [0.717, 1.165) is 32.5 Å². The molecule has 0 spiro atoms. The lowest BCUT2D eigenvalue weighted by molar-refractivity contribution is -0.132. The van der Waals surface area contributed by atoms with Crippen molar-refractivity contribution in [2.45, 2.75) is 25.2 Å². The summed E-state index contributed by atoms with van der Waals surface area (Å²) in [6.07, 6.45) is 2.76. The molecular weight excluding hydrogens is 344 g/mol. The first kappa shape index (κ1) is 20.5. The molecule has 0 unspecified atom stereocenters. The van der Waals surface area contributed by atoms with Crippen LogP contribution in [0.4, 0.5) is 0 Å². The van der Waals surface area contributed by atoms with Gasteiger partial charge in [-0.15, -0.1) is 12.4 Å². The van der Waals surface area contributed by atoms with E-state index in [0.29, 0.717) is 12.3 Å². The van der Waals surface area contributed by atoms with Gasteiger partial charge in [0, 0.05) is 25.4 Å². The van der Waals surface area contributed by atoms with Crippen LogP contribution in [0, 0.1) is 5.92 Å². The molecule has 0 aliphatic carbocycles. The third-order valence-corrected chi connectivity index (χ3v) is 5.24. The number of piperidine rings is 1. The first-order chi connectivity index (χ1) is 12.3. The summed E-state index contributed by atoms with van der Waals surface area (Å²) in [5.74, 6) is 1.11. The van der Waals surface area contributed by atoms with Crippen LogP contribution in [0.5, 0.6) is 0 Å². The van der Waals surface area contributed by atoms with Gasteiger partial charge in [0.05, 0.1) is 0 Å². The van der Waals surface area contributed by atoms with Crippen molar-refractivity contribution in [3.8, 4) is 0 Å². The summed E-state index contributed by atoms with van der Waals surface area (Å²) in [6.45, 7) is 2.83. The van der Waals surface area contributed by atoms with Crippen LogP contribution in [0.1, 0.15) is 36.3 Å². The van der Waals surface area contributed by atoms with Crippen LogP contribution in [-0.2, 0) is 4.79 Å². The Morgan fingerprint density at radius 1 is 1.00 bits per heavy atom. The Labute approximate surface area is 163 Å². The number of carbonyl (C=O) groups is 1. The lowest BCUT2D eigenvalue weighted by Crippen LogP contribution is -2.40. The summed E-state index contributed by atoms with van der Waals surface area (Å²) < 4.78 is 0. The van der Waals surface area contributed by atoms with Gasteiger partial charge in [0.2, 0.25) is 5.91 Å². The second kappa shape index (κ2) is 10.3. The molecule has 1 fully saturated rings. The van der Waals surface area contributed by atoms with Gasteiger partial charge in [-0.05, 0) is 43.5 Å². The summed E-state index contributed by atoms with van der Waals surface area (Å²) >= 11 is 0. The topological polar surface area (TPSA) is 32.3 Å². The van der Waals surface area contributed by atoms with Gasteiger partial charge in [0.1, 0.15) is 0 Å². The lowest BCUT2D eigenvalue weighted by atomic mass is 9.87. The van der Waals surface area contributed by atoms with Crippen LogP contribution in [0.2, 0.25) is 0 Å². The van der Waals surface area contributed by atoms with Crippen LogP contribution >= 0.6 is 12.4 Å². The van der Waals surface area contributed by atoms with E-state index in [9.17, 15) is 4.79 Å². The summed E-state index contributed by atoms with van der Waals surface area (Å²) in [4.78, 5) is 15.0. The summed E-state index contributed by atoms with van der Waals surface area (Å²) in [5, 5.41) is 3.25. The van der Waals surface area contributed by atoms with Crippen LogP contribution in [-0.4, -0.2) is 37.5 Å². The Hall–Kier alpha value is -1.84. The average molecular weight is 373 g/mol. The Balaban J connectivity index is 0.00000243. The second-order valence-electron chi connectivity index (χ2n) is 6.96. The second-order valence-corrected chi connectivity index (χ2v) is 6.96. The van der Waals surface area contributed by atoms with Crippen molar-refractivity contribution in [2.24, 2.45) is 5.92 Å². The van der Waals surface area contributed by atoms with Crippen molar-refractivity contribution in [1.82, 2.24) is 10.2 Å². The van der Waals surface area contributed by atoms with Gasteiger partial charge in [0.15, 0.2) is 0 Å². The molecule has 0 radical (unpaired) electrons. The number of carbonyl (C=O) groups excluding carboxylic acids is 1. The van der Waals surface area contributed by atoms with Crippen molar-refractivity contribution in [3.63, 3.8) is 0 Å². The molecule has 1 aliphatic rings. The van der Waals surface area contributed by atoms with E-state index in [2.05, 4.69) is 58.7 Å². The summed E-state index contributed by atoms with van der Waals surface area (Å²) in [6, 6.07) is 20.8.